The summed E-state index contributed by atoms with van der Waals surface area (Å²) in [5, 5.41) is 2.57. The number of ether oxygens (including phenoxy) is 1. The highest BCUT2D eigenvalue weighted by Crippen LogP contribution is 2.18. The van der Waals surface area contributed by atoms with Crippen molar-refractivity contribution in [2.75, 3.05) is 12.4 Å². The van der Waals surface area contributed by atoms with E-state index in [-0.39, 0.29) is 5.91 Å². The number of hydrogen-bond donors (Lipinski definition) is 1. The van der Waals surface area contributed by atoms with Crippen LogP contribution >= 0.6 is 11.8 Å². The third-order valence-corrected chi connectivity index (χ3v) is 2.59. The van der Waals surface area contributed by atoms with E-state index >= 15 is 0 Å². The maximum absolute atomic E-state index is 11.5. The third-order valence-electron chi connectivity index (χ3n) is 1.73. The quantitative estimate of drug-likeness (QED) is 0.694. The number of hydrogen-bond acceptors (Lipinski definition) is 4. The summed E-state index contributed by atoms with van der Waals surface area (Å²) in [6, 6.07) is -0.621. The average Bonchev–Trinajstić information content (AvgIpc) is 2.16. The summed E-state index contributed by atoms with van der Waals surface area (Å²) in [4.78, 5) is 23.3. The fourth-order valence-electron chi connectivity index (χ4n) is 1.17. The van der Waals surface area contributed by atoms with Crippen LogP contribution in [0.4, 0.5) is 0 Å². The van der Waals surface area contributed by atoms with Gasteiger partial charge in [0.2, 0.25) is 5.91 Å². The van der Waals surface area contributed by atoms with Gasteiger partial charge < -0.3 is 10.1 Å². The van der Waals surface area contributed by atoms with Gasteiger partial charge in [-0.15, -0.1) is 11.8 Å². The van der Waals surface area contributed by atoms with Gasteiger partial charge in [-0.05, 0) is 17.6 Å². The van der Waals surface area contributed by atoms with E-state index in [1.807, 2.05) is 6.92 Å². The lowest BCUT2D eigenvalue weighted by Crippen LogP contribution is -2.40. The minimum absolute atomic E-state index is 0.243. The Bertz CT molecular complexity index is 266. The van der Waals surface area contributed by atoms with Crippen molar-refractivity contribution >= 4 is 23.6 Å². The highest BCUT2D eigenvalue weighted by atomic mass is 32.2. The maximum Gasteiger partial charge on any atom is 0.328 e. The maximum atomic E-state index is 11.5. The molecule has 0 saturated carbocycles. The van der Waals surface area contributed by atoms with Crippen LogP contribution in [-0.4, -0.2) is 30.3 Å². The topological polar surface area (TPSA) is 55.4 Å². The third kappa shape index (κ3) is 6.50. The van der Waals surface area contributed by atoms with E-state index in [9.17, 15) is 9.59 Å². The lowest BCUT2D eigenvalue weighted by Gasteiger charge is -2.16. The van der Waals surface area contributed by atoms with Gasteiger partial charge in [0.15, 0.2) is 0 Å². The first-order chi connectivity index (χ1) is 7.51. The molecule has 0 rings (SSSR count). The lowest BCUT2D eigenvalue weighted by molar-refractivity contribution is -0.147. The Morgan fingerprint density at radius 1 is 1.44 bits per heavy atom. The number of carbonyl (C=O) groups is 2. The molecule has 0 aromatic heterocycles. The standard InChI is InChI=1S/C11H19NO3S/c1-5-15-11(14)10(12-9(4)13)7-8(3)16-6-2/h10H,3,5-7H2,1-2,4H3,(H,12,13)/t10-/m1/s1. The predicted molar refractivity (Wildman–Crippen MR) is 66.1 cm³/mol. The molecule has 0 saturated heterocycles. The molecule has 5 heteroatoms. The van der Waals surface area contributed by atoms with Crippen molar-refractivity contribution in [2.45, 2.75) is 33.2 Å². The molecule has 0 aliphatic carbocycles. The van der Waals surface area contributed by atoms with Crippen molar-refractivity contribution in [2.24, 2.45) is 0 Å². The zero-order valence-corrected chi connectivity index (χ0v) is 10.9. The summed E-state index contributed by atoms with van der Waals surface area (Å²) in [7, 11) is 0. The van der Waals surface area contributed by atoms with E-state index in [0.29, 0.717) is 13.0 Å². The molecule has 1 amide bonds. The number of amides is 1. The van der Waals surface area contributed by atoms with Gasteiger partial charge in [-0.2, -0.15) is 0 Å². The molecule has 0 heterocycles. The SMILES string of the molecule is C=C(C[C@@H](NC(C)=O)C(=O)OCC)SCC. The van der Waals surface area contributed by atoms with Gasteiger partial charge in [0.1, 0.15) is 6.04 Å². The van der Waals surface area contributed by atoms with Gasteiger partial charge in [0.25, 0.3) is 0 Å². The molecule has 0 bridgehead atoms. The normalized spacial score (nSPS) is 11.7. The first kappa shape index (κ1) is 15.0. The summed E-state index contributed by atoms with van der Waals surface area (Å²) in [5.41, 5.74) is 0. The Balaban J connectivity index is 4.36. The zero-order chi connectivity index (χ0) is 12.6. The fourth-order valence-corrected chi connectivity index (χ4v) is 1.86. The van der Waals surface area contributed by atoms with E-state index in [4.69, 9.17) is 4.74 Å². The minimum Gasteiger partial charge on any atom is -0.464 e. The van der Waals surface area contributed by atoms with Crippen molar-refractivity contribution in [1.29, 1.82) is 0 Å². The van der Waals surface area contributed by atoms with E-state index in [2.05, 4.69) is 11.9 Å². The van der Waals surface area contributed by atoms with Gasteiger partial charge >= 0.3 is 5.97 Å². The molecular weight excluding hydrogens is 226 g/mol. The largest absolute Gasteiger partial charge is 0.464 e. The van der Waals surface area contributed by atoms with Crippen LogP contribution in [0.25, 0.3) is 0 Å². The van der Waals surface area contributed by atoms with Crippen molar-refractivity contribution in [3.05, 3.63) is 11.5 Å². The molecule has 0 aliphatic heterocycles. The number of thioether (sulfide) groups is 1. The molecule has 4 nitrogen and oxygen atoms in total. The highest BCUT2D eigenvalue weighted by molar-refractivity contribution is 8.03. The van der Waals surface area contributed by atoms with Crippen molar-refractivity contribution in [3.8, 4) is 0 Å². The Morgan fingerprint density at radius 3 is 2.50 bits per heavy atom. The van der Waals surface area contributed by atoms with E-state index in [1.54, 1.807) is 18.7 Å². The van der Waals surface area contributed by atoms with Crippen molar-refractivity contribution in [1.82, 2.24) is 5.32 Å². The summed E-state index contributed by atoms with van der Waals surface area (Å²) >= 11 is 1.57. The second-order valence-electron chi connectivity index (χ2n) is 3.18. The Kier molecular flexibility index (Phi) is 7.72. The van der Waals surface area contributed by atoms with E-state index < -0.39 is 12.0 Å². The Hall–Kier alpha value is -0.970. The van der Waals surface area contributed by atoms with Crippen LogP contribution in [0.2, 0.25) is 0 Å². The van der Waals surface area contributed by atoms with E-state index in [0.717, 1.165) is 10.7 Å². The molecule has 0 fully saturated rings. The number of nitrogens with one attached hydrogen (secondary N) is 1. The fraction of sp³-hybridized carbons (Fsp3) is 0.636. The summed E-state index contributed by atoms with van der Waals surface area (Å²) in [6.45, 7) is 9.26. The van der Waals surface area contributed by atoms with Crippen LogP contribution in [0, 0.1) is 0 Å². The second-order valence-corrected chi connectivity index (χ2v) is 4.62. The van der Waals surface area contributed by atoms with Crippen LogP contribution in [0.3, 0.4) is 0 Å². The molecule has 1 atom stereocenters. The molecule has 0 radical (unpaired) electrons. The molecule has 16 heavy (non-hydrogen) atoms. The number of esters is 1. The molecule has 92 valence electrons. The van der Waals surface area contributed by atoms with Gasteiger partial charge in [0, 0.05) is 13.3 Å². The van der Waals surface area contributed by atoms with Crippen LogP contribution in [0.1, 0.15) is 27.2 Å². The van der Waals surface area contributed by atoms with Gasteiger partial charge in [0.05, 0.1) is 6.61 Å². The summed E-state index contributed by atoms with van der Waals surface area (Å²) < 4.78 is 4.88. The lowest BCUT2D eigenvalue weighted by atomic mass is 10.2. The first-order valence-electron chi connectivity index (χ1n) is 5.25. The van der Waals surface area contributed by atoms with Crippen LogP contribution < -0.4 is 5.32 Å². The molecular formula is C11H19NO3S. The second kappa shape index (κ2) is 8.21. The van der Waals surface area contributed by atoms with Crippen LogP contribution in [0.15, 0.2) is 11.5 Å². The molecule has 0 aromatic carbocycles. The molecule has 0 aromatic rings. The minimum atomic E-state index is -0.621. The predicted octanol–water partition coefficient (Wildman–Crippen LogP) is 1.71. The average molecular weight is 245 g/mol. The zero-order valence-electron chi connectivity index (χ0n) is 10.0. The molecule has 0 unspecified atom stereocenters. The number of rotatable bonds is 7. The van der Waals surface area contributed by atoms with Gasteiger partial charge in [-0.1, -0.05) is 13.5 Å². The number of carbonyl (C=O) groups excluding carboxylic acids is 2. The monoisotopic (exact) mass is 245 g/mol. The van der Waals surface area contributed by atoms with E-state index in [1.165, 1.54) is 6.92 Å². The van der Waals surface area contributed by atoms with Crippen molar-refractivity contribution in [3.63, 3.8) is 0 Å². The summed E-state index contributed by atoms with van der Waals surface area (Å²) in [6.07, 6.45) is 0.414. The van der Waals surface area contributed by atoms with Crippen LogP contribution in [-0.2, 0) is 14.3 Å². The van der Waals surface area contributed by atoms with Crippen LogP contribution in [0.5, 0.6) is 0 Å². The Labute approximate surface area is 101 Å². The smallest absolute Gasteiger partial charge is 0.328 e. The van der Waals surface area contributed by atoms with Crippen molar-refractivity contribution < 1.29 is 14.3 Å². The molecule has 0 spiro atoms. The Morgan fingerprint density at radius 2 is 2.06 bits per heavy atom. The summed E-state index contributed by atoms with van der Waals surface area (Å²) in [5.74, 6) is 0.247. The highest BCUT2D eigenvalue weighted by Gasteiger charge is 2.21. The molecule has 1 N–H and O–H groups in total. The van der Waals surface area contributed by atoms with Gasteiger partial charge in [-0.25, -0.2) is 4.79 Å². The molecule has 0 aliphatic rings. The first-order valence-corrected chi connectivity index (χ1v) is 6.24. The van der Waals surface area contributed by atoms with Gasteiger partial charge in [-0.3, -0.25) is 4.79 Å².